The summed E-state index contributed by atoms with van der Waals surface area (Å²) in [6.45, 7) is 1.68. The third-order valence-electron chi connectivity index (χ3n) is 4.35. The molecule has 3 aromatic carbocycles. The third-order valence-corrected chi connectivity index (χ3v) is 4.91. The minimum atomic E-state index is -0.368. The van der Waals surface area contributed by atoms with Gasteiger partial charge in [-0.1, -0.05) is 35.3 Å². The van der Waals surface area contributed by atoms with Crippen molar-refractivity contribution in [1.29, 1.82) is 0 Å². The van der Waals surface area contributed by atoms with Crippen LogP contribution in [0.3, 0.4) is 0 Å². The molecule has 0 spiro atoms. The van der Waals surface area contributed by atoms with Crippen LogP contribution in [0.4, 0.5) is 11.4 Å². The topological polar surface area (TPSA) is 76.7 Å². The predicted molar refractivity (Wildman–Crippen MR) is 123 cm³/mol. The van der Waals surface area contributed by atoms with E-state index in [0.717, 1.165) is 5.56 Å². The van der Waals surface area contributed by atoms with Crippen LogP contribution in [-0.4, -0.2) is 25.5 Å². The van der Waals surface area contributed by atoms with Crippen molar-refractivity contribution >= 4 is 46.4 Å². The molecule has 3 rings (SSSR count). The number of hydrogen-bond donors (Lipinski definition) is 2. The summed E-state index contributed by atoms with van der Waals surface area (Å²) >= 11 is 12.0. The first-order valence-electron chi connectivity index (χ1n) is 9.30. The summed E-state index contributed by atoms with van der Waals surface area (Å²) in [5.74, 6) is 0.249. The molecule has 3 aromatic rings. The Labute approximate surface area is 190 Å². The van der Waals surface area contributed by atoms with E-state index < -0.39 is 0 Å². The van der Waals surface area contributed by atoms with Crippen LogP contribution in [0.5, 0.6) is 11.5 Å². The molecule has 0 unspecified atom stereocenters. The quantitative estimate of drug-likeness (QED) is 0.484. The second-order valence-electron chi connectivity index (χ2n) is 6.60. The fourth-order valence-electron chi connectivity index (χ4n) is 2.82. The number of benzene rings is 3. The molecular weight excluding hydrogens is 439 g/mol. The summed E-state index contributed by atoms with van der Waals surface area (Å²) in [5, 5.41) is 6.44. The van der Waals surface area contributed by atoms with Crippen molar-refractivity contribution in [3.05, 3.63) is 81.8 Å². The van der Waals surface area contributed by atoms with Crippen LogP contribution in [-0.2, 0) is 4.79 Å². The molecule has 0 aromatic heterocycles. The van der Waals surface area contributed by atoms with Gasteiger partial charge >= 0.3 is 0 Å². The smallest absolute Gasteiger partial charge is 0.262 e. The molecule has 6 nitrogen and oxygen atoms in total. The number of carbonyl (C=O) groups excluding carboxylic acids is 2. The van der Waals surface area contributed by atoms with Crippen molar-refractivity contribution in [2.75, 3.05) is 24.4 Å². The lowest BCUT2D eigenvalue weighted by molar-refractivity contribution is -0.118. The van der Waals surface area contributed by atoms with Crippen molar-refractivity contribution < 1.29 is 19.1 Å². The number of amides is 2. The molecule has 0 fully saturated rings. The molecule has 0 bridgehead atoms. The highest BCUT2D eigenvalue weighted by Gasteiger charge is 2.14. The summed E-state index contributed by atoms with van der Waals surface area (Å²) in [4.78, 5) is 24.7. The van der Waals surface area contributed by atoms with E-state index in [1.165, 1.54) is 7.11 Å². The van der Waals surface area contributed by atoms with E-state index >= 15 is 0 Å². The molecule has 2 N–H and O–H groups in total. The molecule has 31 heavy (non-hydrogen) atoms. The lowest BCUT2D eigenvalue weighted by atomic mass is 10.2. The van der Waals surface area contributed by atoms with Crippen molar-refractivity contribution in [2.24, 2.45) is 0 Å². The highest BCUT2D eigenvalue weighted by atomic mass is 35.5. The van der Waals surface area contributed by atoms with Crippen LogP contribution in [0.25, 0.3) is 0 Å². The second-order valence-corrected chi connectivity index (χ2v) is 7.44. The largest absolute Gasteiger partial charge is 0.494 e. The molecule has 0 aliphatic rings. The number of methoxy groups -OCH3 is 1. The Morgan fingerprint density at radius 3 is 2.42 bits per heavy atom. The summed E-state index contributed by atoms with van der Waals surface area (Å²) in [6, 6.07) is 16.8. The maximum atomic E-state index is 12.5. The van der Waals surface area contributed by atoms with Gasteiger partial charge < -0.3 is 20.1 Å². The van der Waals surface area contributed by atoms with Crippen LogP contribution in [0, 0.1) is 6.92 Å². The van der Waals surface area contributed by atoms with Crippen molar-refractivity contribution in [3.8, 4) is 11.5 Å². The first-order chi connectivity index (χ1) is 14.9. The van der Waals surface area contributed by atoms with E-state index in [-0.39, 0.29) is 18.4 Å². The van der Waals surface area contributed by atoms with Crippen LogP contribution >= 0.6 is 23.2 Å². The molecule has 0 radical (unpaired) electrons. The van der Waals surface area contributed by atoms with Crippen LogP contribution in [0.15, 0.2) is 60.7 Å². The average Bonchev–Trinajstić information content (AvgIpc) is 2.74. The van der Waals surface area contributed by atoms with Crippen molar-refractivity contribution in [1.82, 2.24) is 0 Å². The SMILES string of the molecule is COc1cc(NC(=O)COc2ccc(Cl)cc2C)ccc1NC(=O)c1ccccc1Cl. The summed E-state index contributed by atoms with van der Waals surface area (Å²) in [7, 11) is 1.47. The number of hydrogen-bond acceptors (Lipinski definition) is 4. The number of halogens is 2. The molecule has 160 valence electrons. The molecule has 0 aliphatic carbocycles. The van der Waals surface area contributed by atoms with E-state index in [1.807, 2.05) is 6.92 Å². The van der Waals surface area contributed by atoms with E-state index in [9.17, 15) is 9.59 Å². The van der Waals surface area contributed by atoms with Gasteiger partial charge in [-0.3, -0.25) is 9.59 Å². The summed E-state index contributed by atoms with van der Waals surface area (Å²) in [6.07, 6.45) is 0. The van der Waals surface area contributed by atoms with Gasteiger partial charge in [-0.05, 0) is 55.0 Å². The van der Waals surface area contributed by atoms with Crippen LogP contribution < -0.4 is 20.1 Å². The minimum Gasteiger partial charge on any atom is -0.494 e. The Balaban J connectivity index is 1.64. The molecular formula is C23H20Cl2N2O4. The second kappa shape index (κ2) is 10.2. The zero-order valence-electron chi connectivity index (χ0n) is 16.9. The number of aryl methyl sites for hydroxylation is 1. The fraction of sp³-hybridized carbons (Fsp3) is 0.130. The van der Waals surface area contributed by atoms with Crippen LogP contribution in [0.2, 0.25) is 10.0 Å². The zero-order valence-corrected chi connectivity index (χ0v) is 18.4. The first kappa shape index (κ1) is 22.5. The standard InChI is InChI=1S/C23H20Cl2N2O4/c1-14-11-15(24)7-10-20(14)31-13-22(28)26-16-8-9-19(21(12-16)30-2)27-23(29)17-5-3-4-6-18(17)25/h3-12H,13H2,1-2H3,(H,26,28)(H,27,29). The fourth-order valence-corrected chi connectivity index (χ4v) is 3.27. The van der Waals surface area contributed by atoms with Crippen LogP contribution in [0.1, 0.15) is 15.9 Å². The Morgan fingerprint density at radius 1 is 0.935 bits per heavy atom. The van der Waals surface area contributed by atoms with Crippen molar-refractivity contribution in [3.63, 3.8) is 0 Å². The Hall–Kier alpha value is -3.22. The van der Waals surface area contributed by atoms with Gasteiger partial charge in [-0.2, -0.15) is 0 Å². The van der Waals surface area contributed by atoms with Crippen molar-refractivity contribution in [2.45, 2.75) is 6.92 Å². The average molecular weight is 459 g/mol. The maximum Gasteiger partial charge on any atom is 0.262 e. The van der Waals surface area contributed by atoms with E-state index in [4.69, 9.17) is 32.7 Å². The molecule has 8 heteroatoms. The summed E-state index contributed by atoms with van der Waals surface area (Å²) < 4.78 is 10.9. The monoisotopic (exact) mass is 458 g/mol. The number of ether oxygens (including phenoxy) is 2. The van der Waals surface area contributed by atoms with E-state index in [2.05, 4.69) is 10.6 Å². The van der Waals surface area contributed by atoms with Gasteiger partial charge in [-0.25, -0.2) is 0 Å². The highest BCUT2D eigenvalue weighted by molar-refractivity contribution is 6.34. The number of carbonyl (C=O) groups is 2. The maximum absolute atomic E-state index is 12.5. The van der Waals surface area contributed by atoms with Gasteiger partial charge in [0.05, 0.1) is 23.4 Å². The first-order valence-corrected chi connectivity index (χ1v) is 10.1. The van der Waals surface area contributed by atoms with Gasteiger partial charge in [-0.15, -0.1) is 0 Å². The number of nitrogens with one attached hydrogen (secondary N) is 2. The van der Waals surface area contributed by atoms with E-state index in [1.54, 1.807) is 60.7 Å². The number of rotatable bonds is 7. The molecule has 0 aliphatic heterocycles. The minimum absolute atomic E-state index is 0.171. The lowest BCUT2D eigenvalue weighted by Crippen LogP contribution is -2.20. The molecule has 0 atom stereocenters. The van der Waals surface area contributed by atoms with E-state index in [0.29, 0.717) is 38.5 Å². The Kier molecular flexibility index (Phi) is 7.39. The Bertz CT molecular complexity index is 1120. The van der Waals surface area contributed by atoms with Gasteiger partial charge in [0, 0.05) is 16.8 Å². The molecule has 0 heterocycles. The zero-order chi connectivity index (χ0) is 22.4. The molecule has 0 saturated heterocycles. The van der Waals surface area contributed by atoms with Gasteiger partial charge in [0.2, 0.25) is 0 Å². The predicted octanol–water partition coefficient (Wildman–Crippen LogP) is 5.58. The third kappa shape index (κ3) is 5.90. The molecule has 2 amide bonds. The Morgan fingerprint density at radius 2 is 1.71 bits per heavy atom. The lowest BCUT2D eigenvalue weighted by Gasteiger charge is -2.14. The number of anilines is 2. The highest BCUT2D eigenvalue weighted by Crippen LogP contribution is 2.29. The van der Waals surface area contributed by atoms with Gasteiger partial charge in [0.25, 0.3) is 11.8 Å². The molecule has 0 saturated carbocycles. The normalized spacial score (nSPS) is 10.3. The van der Waals surface area contributed by atoms with Gasteiger partial charge in [0.15, 0.2) is 6.61 Å². The summed E-state index contributed by atoms with van der Waals surface area (Å²) in [5.41, 5.74) is 2.12. The van der Waals surface area contributed by atoms with Gasteiger partial charge in [0.1, 0.15) is 11.5 Å².